The second-order valence-electron chi connectivity index (χ2n) is 8.94. The van der Waals surface area contributed by atoms with Crippen LogP contribution in [0.1, 0.15) is 47.5 Å². The Morgan fingerprint density at radius 1 is 1.14 bits per heavy atom. The first-order valence-corrected chi connectivity index (χ1v) is 12.4. The predicted molar refractivity (Wildman–Crippen MR) is 129 cm³/mol. The first-order chi connectivity index (χ1) is 16.5. The van der Waals surface area contributed by atoms with Gasteiger partial charge in [-0.25, -0.2) is 0 Å². The average molecular weight is 516 g/mol. The molecule has 0 aliphatic carbocycles. The van der Waals surface area contributed by atoms with Gasteiger partial charge < -0.3 is 33.5 Å². The Morgan fingerprint density at radius 3 is 2.34 bits per heavy atom. The molecule has 2 rings (SSSR count). The lowest BCUT2D eigenvalue weighted by Crippen LogP contribution is -2.66. The molecule has 0 saturated carbocycles. The summed E-state index contributed by atoms with van der Waals surface area (Å²) in [4.78, 5) is 37.7. The fraction of sp³-hybridized carbons (Fsp3) is 0.864. The molecule has 2 radical (unpaired) electrons. The molecular weight excluding hydrogens is 478 g/mol. The molecule has 13 heteroatoms. The Morgan fingerprint density at radius 2 is 1.80 bits per heavy atom. The maximum atomic E-state index is 12.0. The van der Waals surface area contributed by atoms with Crippen molar-refractivity contribution in [3.63, 3.8) is 0 Å². The van der Waals surface area contributed by atoms with Gasteiger partial charge in [0, 0.05) is 55.9 Å². The van der Waals surface area contributed by atoms with Gasteiger partial charge in [0.15, 0.2) is 18.5 Å². The molecule has 0 bridgehead atoms. The summed E-state index contributed by atoms with van der Waals surface area (Å²) in [6.45, 7) is 10.0. The summed E-state index contributed by atoms with van der Waals surface area (Å²) in [6, 6.07) is -1.35. The molecule has 8 atom stereocenters. The molecule has 2 heterocycles. The standard InChI is InChI=1S/C22H38BN2O9P/c1-6-16-19(31-14(4)27)20(32-15(5)28)18(24-13(3)26)21(33-16)29-9-8-25-10-17(23)34-22(7-2,11-25)12-30-35/h16-21H,6-12,35H2,1-5H3,(H,24,26)/t16-,17-,18-,19+,20-,21-,22+/m1/s1. The van der Waals surface area contributed by atoms with Crippen LogP contribution in [0, 0.1) is 0 Å². The number of hydrogen-bond acceptors (Lipinski definition) is 10. The van der Waals surface area contributed by atoms with Crippen molar-refractivity contribution in [2.75, 3.05) is 32.8 Å². The van der Waals surface area contributed by atoms with Crippen LogP contribution in [0.25, 0.3) is 0 Å². The fourth-order valence-corrected chi connectivity index (χ4v) is 4.85. The number of carbonyl (C=O) groups is 3. The number of nitrogens with one attached hydrogen (secondary N) is 1. The van der Waals surface area contributed by atoms with Crippen molar-refractivity contribution in [2.45, 2.75) is 89.7 Å². The molecule has 2 fully saturated rings. The third-order valence-electron chi connectivity index (χ3n) is 6.05. The smallest absolute Gasteiger partial charge is 0.303 e. The van der Waals surface area contributed by atoms with Gasteiger partial charge in [0.2, 0.25) is 5.91 Å². The van der Waals surface area contributed by atoms with E-state index in [1.54, 1.807) is 0 Å². The molecule has 1 N–H and O–H groups in total. The van der Waals surface area contributed by atoms with E-state index in [1.807, 2.05) is 13.8 Å². The highest BCUT2D eigenvalue weighted by molar-refractivity contribution is 7.09. The molecule has 2 saturated heterocycles. The lowest BCUT2D eigenvalue weighted by atomic mass is 9.91. The zero-order valence-electron chi connectivity index (χ0n) is 21.2. The highest BCUT2D eigenvalue weighted by Gasteiger charge is 2.50. The van der Waals surface area contributed by atoms with Crippen LogP contribution in [0.5, 0.6) is 0 Å². The minimum Gasteiger partial charge on any atom is -0.456 e. The molecule has 0 aromatic rings. The van der Waals surface area contributed by atoms with Crippen LogP contribution in [0.2, 0.25) is 0 Å². The maximum Gasteiger partial charge on any atom is 0.303 e. The average Bonchev–Trinajstić information content (AvgIpc) is 2.76. The van der Waals surface area contributed by atoms with Gasteiger partial charge in [0.1, 0.15) is 25.6 Å². The quantitative estimate of drug-likeness (QED) is 0.233. The van der Waals surface area contributed by atoms with Gasteiger partial charge in [-0.2, -0.15) is 0 Å². The third-order valence-corrected chi connectivity index (χ3v) is 6.22. The number of amides is 1. The number of morpholine rings is 1. The van der Waals surface area contributed by atoms with E-state index in [4.69, 9.17) is 36.1 Å². The molecular formula is C22H38BN2O9P. The van der Waals surface area contributed by atoms with Crippen LogP contribution in [-0.4, -0.2) is 106 Å². The van der Waals surface area contributed by atoms with E-state index < -0.39 is 54.2 Å². The summed E-state index contributed by atoms with van der Waals surface area (Å²) in [5.74, 6) is -1.50. The van der Waals surface area contributed by atoms with Crippen molar-refractivity contribution >= 4 is 35.2 Å². The van der Waals surface area contributed by atoms with Crippen LogP contribution in [0.4, 0.5) is 0 Å². The highest BCUT2D eigenvalue weighted by Crippen LogP contribution is 2.29. The van der Waals surface area contributed by atoms with Crippen LogP contribution in [-0.2, 0) is 42.6 Å². The Labute approximate surface area is 210 Å². The van der Waals surface area contributed by atoms with E-state index in [1.165, 1.54) is 20.8 Å². The van der Waals surface area contributed by atoms with Crippen molar-refractivity contribution in [2.24, 2.45) is 0 Å². The highest BCUT2D eigenvalue weighted by atomic mass is 31.0. The molecule has 0 aromatic heterocycles. The fourth-order valence-electron chi connectivity index (χ4n) is 4.55. The van der Waals surface area contributed by atoms with E-state index in [0.717, 1.165) is 6.42 Å². The first kappa shape index (κ1) is 29.9. The molecule has 1 amide bonds. The Balaban J connectivity index is 2.15. The van der Waals surface area contributed by atoms with Crippen LogP contribution < -0.4 is 5.32 Å². The Kier molecular flexibility index (Phi) is 11.9. The number of rotatable bonds is 11. The molecule has 0 aromatic carbocycles. The summed E-state index contributed by atoms with van der Waals surface area (Å²) < 4.78 is 34.3. The van der Waals surface area contributed by atoms with Crippen molar-refractivity contribution in [1.29, 1.82) is 0 Å². The molecule has 2 aliphatic heterocycles. The van der Waals surface area contributed by atoms with Crippen LogP contribution in [0.15, 0.2) is 0 Å². The molecule has 11 nitrogen and oxygen atoms in total. The summed E-state index contributed by atoms with van der Waals surface area (Å²) in [7, 11) is 8.36. The number of esters is 2. The van der Waals surface area contributed by atoms with E-state index in [-0.39, 0.29) is 12.5 Å². The number of hydrogen-bond donors (Lipinski definition) is 1. The van der Waals surface area contributed by atoms with Gasteiger partial charge >= 0.3 is 11.9 Å². The number of ether oxygens (including phenoxy) is 5. The van der Waals surface area contributed by atoms with Crippen molar-refractivity contribution < 1.29 is 42.6 Å². The topological polar surface area (TPSA) is 122 Å². The van der Waals surface area contributed by atoms with Crippen molar-refractivity contribution in [3.05, 3.63) is 0 Å². The van der Waals surface area contributed by atoms with Gasteiger partial charge in [0.05, 0.1) is 13.2 Å². The first-order valence-electron chi connectivity index (χ1n) is 11.9. The molecule has 2 aliphatic rings. The SMILES string of the molecule is [B][C@H]1CN(CCO[C@@H]2O[C@H](CC)[C@H](OC(C)=O)[C@H](OC(C)=O)[C@H]2NC(C)=O)C[C@@](CC)(COP)O1. The number of carbonyl (C=O) groups excluding carboxylic acids is 3. The van der Waals surface area contributed by atoms with E-state index >= 15 is 0 Å². The minimum absolute atomic E-state index is 0.246. The maximum absolute atomic E-state index is 12.0. The zero-order chi connectivity index (χ0) is 26.2. The van der Waals surface area contributed by atoms with Gasteiger partial charge in [-0.1, -0.05) is 13.8 Å². The summed E-state index contributed by atoms with van der Waals surface area (Å²) in [5, 5.41) is 2.74. The van der Waals surface area contributed by atoms with Gasteiger partial charge in [0.25, 0.3) is 0 Å². The second kappa shape index (κ2) is 13.9. The van der Waals surface area contributed by atoms with Crippen molar-refractivity contribution in [3.8, 4) is 0 Å². The summed E-state index contributed by atoms with van der Waals surface area (Å²) in [6.07, 6.45) is -2.21. The summed E-state index contributed by atoms with van der Waals surface area (Å²) >= 11 is 0. The number of nitrogens with zero attached hydrogens (tertiary/aromatic N) is 1. The van der Waals surface area contributed by atoms with Crippen molar-refractivity contribution in [1.82, 2.24) is 10.2 Å². The van der Waals surface area contributed by atoms with Crippen LogP contribution >= 0.6 is 9.47 Å². The second-order valence-corrected chi connectivity index (χ2v) is 9.27. The lowest BCUT2D eigenvalue weighted by Gasteiger charge is -2.46. The third kappa shape index (κ3) is 8.65. The van der Waals surface area contributed by atoms with Gasteiger partial charge in [-0.05, 0) is 12.8 Å². The monoisotopic (exact) mass is 516 g/mol. The predicted octanol–water partition coefficient (Wildman–Crippen LogP) is 0.288. The molecule has 0 spiro atoms. The Bertz CT molecular complexity index is 733. The molecule has 35 heavy (non-hydrogen) atoms. The normalized spacial score (nSPS) is 33.7. The lowest BCUT2D eigenvalue weighted by molar-refractivity contribution is -0.273. The summed E-state index contributed by atoms with van der Waals surface area (Å²) in [5.41, 5.74) is -0.523. The largest absolute Gasteiger partial charge is 0.456 e. The van der Waals surface area contributed by atoms with Gasteiger partial charge in [-0.3, -0.25) is 19.3 Å². The zero-order valence-corrected chi connectivity index (χ0v) is 22.3. The van der Waals surface area contributed by atoms with E-state index in [2.05, 4.69) is 19.7 Å². The minimum atomic E-state index is -0.979. The van der Waals surface area contributed by atoms with E-state index in [0.29, 0.717) is 32.7 Å². The van der Waals surface area contributed by atoms with E-state index in [9.17, 15) is 14.4 Å². The van der Waals surface area contributed by atoms with Crippen LogP contribution in [0.3, 0.4) is 0 Å². The molecule has 198 valence electrons. The molecule has 1 unspecified atom stereocenters. The Hall–Kier alpha value is -1.30. The van der Waals surface area contributed by atoms with Gasteiger partial charge in [-0.15, -0.1) is 0 Å².